The van der Waals surface area contributed by atoms with E-state index in [1.165, 1.54) is 0 Å². The summed E-state index contributed by atoms with van der Waals surface area (Å²) in [6, 6.07) is 9.78. The second-order valence-electron chi connectivity index (χ2n) is 5.64. The predicted octanol–water partition coefficient (Wildman–Crippen LogP) is 2.91. The topological polar surface area (TPSA) is 46.6 Å². The molecule has 0 bridgehead atoms. The first-order valence-electron chi connectivity index (χ1n) is 7.77. The van der Waals surface area contributed by atoms with Crippen LogP contribution in [0, 0.1) is 5.92 Å². The van der Waals surface area contributed by atoms with Crippen molar-refractivity contribution < 1.29 is 13.2 Å². The molecule has 2 rings (SSSR count). The number of nitrogens with zero attached hydrogens (tertiary/aromatic N) is 1. The lowest BCUT2D eigenvalue weighted by Crippen LogP contribution is -2.40. The van der Waals surface area contributed by atoms with Gasteiger partial charge in [-0.15, -0.1) is 0 Å². The number of hydrogen-bond donors (Lipinski definition) is 0. The molecule has 21 heavy (non-hydrogen) atoms. The fourth-order valence-electron chi connectivity index (χ4n) is 2.54. The maximum atomic E-state index is 12.1. The molecular weight excluding hydrogens is 286 g/mol. The Kier molecular flexibility index (Phi) is 6.06. The summed E-state index contributed by atoms with van der Waals surface area (Å²) in [4.78, 5) is 0. The molecule has 0 spiro atoms. The molecule has 0 aromatic heterocycles. The third kappa shape index (κ3) is 5.00. The van der Waals surface area contributed by atoms with Crippen molar-refractivity contribution in [2.75, 3.05) is 25.4 Å². The maximum Gasteiger partial charge on any atom is 0.214 e. The fraction of sp³-hybridized carbons (Fsp3) is 0.625. The van der Waals surface area contributed by atoms with Gasteiger partial charge in [0.25, 0.3) is 0 Å². The van der Waals surface area contributed by atoms with E-state index in [-0.39, 0.29) is 5.75 Å². The summed E-state index contributed by atoms with van der Waals surface area (Å²) < 4.78 is 31.7. The van der Waals surface area contributed by atoms with Crippen LogP contribution >= 0.6 is 0 Å². The van der Waals surface area contributed by atoms with Crippen LogP contribution in [-0.2, 0) is 10.0 Å². The molecule has 4 nitrogen and oxygen atoms in total. The lowest BCUT2D eigenvalue weighted by molar-refractivity contribution is 0.185. The Labute approximate surface area is 128 Å². The second-order valence-corrected chi connectivity index (χ2v) is 7.72. The molecule has 0 amide bonds. The Morgan fingerprint density at radius 1 is 1.19 bits per heavy atom. The maximum absolute atomic E-state index is 12.1. The minimum atomic E-state index is -3.04. The van der Waals surface area contributed by atoms with Gasteiger partial charge in [0.05, 0.1) is 12.4 Å². The highest BCUT2D eigenvalue weighted by molar-refractivity contribution is 7.89. The van der Waals surface area contributed by atoms with Crippen LogP contribution in [0.1, 0.15) is 32.6 Å². The van der Waals surface area contributed by atoms with E-state index >= 15 is 0 Å². The van der Waals surface area contributed by atoms with Crippen molar-refractivity contribution in [3.8, 4) is 5.75 Å². The van der Waals surface area contributed by atoms with Crippen LogP contribution in [0.4, 0.5) is 0 Å². The molecule has 0 atom stereocenters. The first kappa shape index (κ1) is 16.3. The molecule has 1 saturated heterocycles. The molecule has 0 saturated carbocycles. The van der Waals surface area contributed by atoms with Crippen LogP contribution in [0.3, 0.4) is 0 Å². The van der Waals surface area contributed by atoms with Crippen LogP contribution in [0.15, 0.2) is 30.3 Å². The first-order valence-corrected chi connectivity index (χ1v) is 9.38. The lowest BCUT2D eigenvalue weighted by atomic mass is 9.99. The Bertz CT molecular complexity index is 508. The summed E-state index contributed by atoms with van der Waals surface area (Å²) in [6.07, 6.45) is 3.44. The van der Waals surface area contributed by atoms with Crippen molar-refractivity contribution >= 4 is 10.0 Å². The third-order valence-electron chi connectivity index (χ3n) is 3.95. The summed E-state index contributed by atoms with van der Waals surface area (Å²) in [5, 5.41) is 0. The van der Waals surface area contributed by atoms with Gasteiger partial charge in [-0.2, -0.15) is 0 Å². The van der Waals surface area contributed by atoms with E-state index in [9.17, 15) is 8.42 Å². The fourth-order valence-corrected chi connectivity index (χ4v) is 4.22. The summed E-state index contributed by atoms with van der Waals surface area (Å²) in [5.41, 5.74) is 0. The zero-order valence-electron chi connectivity index (χ0n) is 12.7. The number of piperidine rings is 1. The monoisotopic (exact) mass is 311 g/mol. The predicted molar refractivity (Wildman–Crippen MR) is 84.9 cm³/mol. The summed E-state index contributed by atoms with van der Waals surface area (Å²) >= 11 is 0. The minimum absolute atomic E-state index is 0.286. The average Bonchev–Trinajstić information content (AvgIpc) is 2.52. The van der Waals surface area contributed by atoms with E-state index in [0.717, 1.165) is 31.4 Å². The quantitative estimate of drug-likeness (QED) is 0.778. The highest BCUT2D eigenvalue weighted by atomic mass is 32.2. The number of ether oxygens (including phenoxy) is 1. The van der Waals surface area contributed by atoms with Gasteiger partial charge >= 0.3 is 0 Å². The zero-order valence-corrected chi connectivity index (χ0v) is 13.5. The lowest BCUT2D eigenvalue weighted by Gasteiger charge is -2.31. The normalized spacial score (nSPS) is 17.8. The molecule has 1 heterocycles. The number of hydrogen-bond acceptors (Lipinski definition) is 3. The Morgan fingerprint density at radius 3 is 2.48 bits per heavy atom. The van der Waals surface area contributed by atoms with Gasteiger partial charge in [0.15, 0.2) is 0 Å². The van der Waals surface area contributed by atoms with E-state index in [1.54, 1.807) is 4.31 Å². The highest BCUT2D eigenvalue weighted by Crippen LogP contribution is 2.21. The Morgan fingerprint density at radius 2 is 1.86 bits per heavy atom. The Balaban J connectivity index is 1.75. The molecule has 1 fully saturated rings. The van der Waals surface area contributed by atoms with Crippen LogP contribution in [0.25, 0.3) is 0 Å². The van der Waals surface area contributed by atoms with Crippen molar-refractivity contribution in [1.82, 2.24) is 4.31 Å². The van der Waals surface area contributed by atoms with Crippen LogP contribution in [0.5, 0.6) is 5.75 Å². The molecular formula is C16H25NO3S. The molecule has 1 aromatic carbocycles. The number of unbranched alkanes of at least 4 members (excludes halogenated alkanes) is 1. The van der Waals surface area contributed by atoms with Gasteiger partial charge in [-0.05, 0) is 37.3 Å². The highest BCUT2D eigenvalue weighted by Gasteiger charge is 2.27. The Hall–Kier alpha value is -1.07. The van der Waals surface area contributed by atoms with Gasteiger partial charge in [0.1, 0.15) is 5.75 Å². The molecule has 1 aromatic rings. The SMILES string of the molecule is CCCCS(=O)(=O)N1CCC(COc2ccccc2)CC1. The molecule has 0 unspecified atom stereocenters. The number of benzene rings is 1. The first-order chi connectivity index (χ1) is 10.1. The summed E-state index contributed by atoms with van der Waals surface area (Å²) in [5.74, 6) is 1.62. The molecule has 118 valence electrons. The largest absolute Gasteiger partial charge is 0.493 e. The van der Waals surface area contributed by atoms with Crippen molar-refractivity contribution in [3.05, 3.63) is 30.3 Å². The summed E-state index contributed by atoms with van der Waals surface area (Å²) in [7, 11) is -3.04. The number of sulfonamides is 1. The van der Waals surface area contributed by atoms with Gasteiger partial charge in [-0.3, -0.25) is 0 Å². The van der Waals surface area contributed by atoms with E-state index in [2.05, 4.69) is 0 Å². The molecule has 0 aliphatic carbocycles. The van der Waals surface area contributed by atoms with Crippen molar-refractivity contribution in [3.63, 3.8) is 0 Å². The smallest absolute Gasteiger partial charge is 0.214 e. The molecule has 0 N–H and O–H groups in total. The molecule has 0 radical (unpaired) electrons. The third-order valence-corrected chi connectivity index (χ3v) is 5.91. The molecule has 5 heteroatoms. The van der Waals surface area contributed by atoms with E-state index in [1.807, 2.05) is 37.3 Å². The van der Waals surface area contributed by atoms with E-state index in [0.29, 0.717) is 25.6 Å². The average molecular weight is 311 g/mol. The molecule has 1 aliphatic heterocycles. The van der Waals surface area contributed by atoms with E-state index in [4.69, 9.17) is 4.74 Å². The van der Waals surface area contributed by atoms with Gasteiger partial charge < -0.3 is 4.74 Å². The standard InChI is InChI=1S/C16H25NO3S/c1-2-3-13-21(18,19)17-11-9-15(10-12-17)14-20-16-7-5-4-6-8-16/h4-8,15H,2-3,9-14H2,1H3. The van der Waals surface area contributed by atoms with E-state index < -0.39 is 10.0 Å². The van der Waals surface area contributed by atoms with Crippen LogP contribution < -0.4 is 4.74 Å². The van der Waals surface area contributed by atoms with Crippen molar-refractivity contribution in [1.29, 1.82) is 0 Å². The number of para-hydroxylation sites is 1. The van der Waals surface area contributed by atoms with Gasteiger partial charge in [0.2, 0.25) is 10.0 Å². The van der Waals surface area contributed by atoms with Gasteiger partial charge in [0, 0.05) is 13.1 Å². The van der Waals surface area contributed by atoms with Crippen LogP contribution in [0.2, 0.25) is 0 Å². The second kappa shape index (κ2) is 7.80. The molecule has 1 aliphatic rings. The van der Waals surface area contributed by atoms with Crippen molar-refractivity contribution in [2.24, 2.45) is 5.92 Å². The number of rotatable bonds is 7. The summed E-state index contributed by atoms with van der Waals surface area (Å²) in [6.45, 7) is 3.96. The van der Waals surface area contributed by atoms with Gasteiger partial charge in [-0.1, -0.05) is 31.5 Å². The zero-order chi connectivity index (χ0) is 15.1. The van der Waals surface area contributed by atoms with Crippen LogP contribution in [-0.4, -0.2) is 38.2 Å². The minimum Gasteiger partial charge on any atom is -0.493 e. The van der Waals surface area contributed by atoms with Crippen molar-refractivity contribution in [2.45, 2.75) is 32.6 Å². The van der Waals surface area contributed by atoms with Gasteiger partial charge in [-0.25, -0.2) is 12.7 Å².